The average molecular weight is 1060 g/mol. The molecule has 7 aromatic carbocycles. The molecule has 2 aliphatic carbocycles. The maximum atomic E-state index is 10.2. The highest BCUT2D eigenvalue weighted by atomic mass is 15.0. The van der Waals surface area contributed by atoms with Gasteiger partial charge in [-0.25, -0.2) is 9.98 Å². The summed E-state index contributed by atoms with van der Waals surface area (Å²) in [6.07, 6.45) is 23.9. The summed E-state index contributed by atoms with van der Waals surface area (Å²) in [6, 6.07) is 62.5. The Labute approximate surface area is 481 Å². The lowest BCUT2D eigenvalue weighted by Gasteiger charge is -2.33. The molecule has 1 aromatic heterocycles. The van der Waals surface area contributed by atoms with Gasteiger partial charge in [-0.3, -0.25) is 5.41 Å². The molecule has 1 N–H and O–H groups in total. The predicted molar refractivity (Wildman–Crippen MR) is 350 cm³/mol. The Balaban J connectivity index is 1.37. The van der Waals surface area contributed by atoms with Crippen molar-refractivity contribution in [3.05, 3.63) is 292 Å². The lowest BCUT2D eigenvalue weighted by Crippen LogP contribution is -2.22. The Morgan fingerprint density at radius 3 is 1.65 bits per heavy atom. The van der Waals surface area contributed by atoms with E-state index in [9.17, 15) is 5.41 Å². The van der Waals surface area contributed by atoms with Gasteiger partial charge in [0.2, 0.25) is 0 Å². The summed E-state index contributed by atoms with van der Waals surface area (Å²) in [7, 11) is 0. The molecule has 1 heterocycles. The van der Waals surface area contributed by atoms with E-state index in [4.69, 9.17) is 9.98 Å². The Morgan fingerprint density at radius 2 is 1.09 bits per heavy atom. The van der Waals surface area contributed by atoms with E-state index >= 15 is 0 Å². The van der Waals surface area contributed by atoms with Gasteiger partial charge in [0.15, 0.2) is 5.84 Å². The molecule has 0 bridgehead atoms. The van der Waals surface area contributed by atoms with Gasteiger partial charge in [-0.1, -0.05) is 253 Å². The molecule has 0 radical (unpaired) electrons. The number of benzene rings is 7. The SMILES string of the molecule is C/C(=C\C=C(/C)c1ccccc1)C1=C(n2c3c(-c4ccccc4)cc(C(C)(C)C)cc3c3cc(C(C)(C)C)cc(C4C=CC=CC4)c32)C(/C(C)=C/C=C(\C)c2ccccc2)CC(C(=N)/N=C(\N=C\c2ccccc2)c2ccccc2)=C1. The zero-order valence-corrected chi connectivity index (χ0v) is 48.9. The molecule has 8 aromatic rings. The van der Waals surface area contributed by atoms with Crippen LogP contribution in [-0.2, 0) is 10.8 Å². The molecular weight excluding hydrogens is 981 g/mol. The fourth-order valence-electron chi connectivity index (χ4n) is 11.2. The van der Waals surface area contributed by atoms with Crippen LogP contribution in [0.2, 0.25) is 0 Å². The number of fused-ring (bicyclic) bond motifs is 3. The normalized spacial score (nSPS) is 17.0. The molecule has 4 heteroatoms. The summed E-state index contributed by atoms with van der Waals surface area (Å²) in [6.45, 7) is 23.0. The summed E-state index contributed by atoms with van der Waals surface area (Å²) in [5, 5.41) is 12.7. The number of aliphatic imine (C=N–C) groups is 2. The van der Waals surface area contributed by atoms with Crippen LogP contribution in [0.1, 0.15) is 127 Å². The maximum absolute atomic E-state index is 10.2. The minimum absolute atomic E-state index is 0.125. The fraction of sp³-hybridized carbons (Fsp3) is 0.208. The van der Waals surface area contributed by atoms with Gasteiger partial charge in [-0.15, -0.1) is 0 Å². The van der Waals surface area contributed by atoms with E-state index in [0.29, 0.717) is 12.3 Å². The van der Waals surface area contributed by atoms with Crippen molar-refractivity contribution >= 4 is 56.5 Å². The van der Waals surface area contributed by atoms with E-state index in [0.717, 1.165) is 34.3 Å². The molecule has 404 valence electrons. The first kappa shape index (κ1) is 55.6. The molecule has 0 saturated carbocycles. The first-order valence-corrected chi connectivity index (χ1v) is 28.7. The van der Waals surface area contributed by atoms with Crippen LogP contribution in [0.3, 0.4) is 0 Å². The number of hydrogen-bond donors (Lipinski definition) is 1. The van der Waals surface area contributed by atoms with Gasteiger partial charge in [0.25, 0.3) is 0 Å². The average Bonchev–Trinajstić information content (AvgIpc) is 3.84. The van der Waals surface area contributed by atoms with Crippen molar-refractivity contribution in [3.8, 4) is 11.1 Å². The molecule has 0 amide bonds. The Bertz CT molecular complexity index is 3950. The quantitative estimate of drug-likeness (QED) is 0.0720. The molecule has 2 atom stereocenters. The van der Waals surface area contributed by atoms with E-state index < -0.39 is 0 Å². The van der Waals surface area contributed by atoms with E-state index in [2.05, 4.69) is 244 Å². The number of allylic oxidation sites excluding steroid dienone is 15. The Hall–Kier alpha value is -8.73. The molecule has 81 heavy (non-hydrogen) atoms. The molecule has 0 spiro atoms. The summed E-state index contributed by atoms with van der Waals surface area (Å²) in [5.74, 6) is 0.593. The molecular formula is C77H76N4. The number of amidine groups is 2. The summed E-state index contributed by atoms with van der Waals surface area (Å²) < 4.78 is 2.70. The largest absolute Gasteiger partial charge is 0.311 e. The third-order valence-electron chi connectivity index (χ3n) is 16.1. The lowest BCUT2D eigenvalue weighted by atomic mass is 9.79. The van der Waals surface area contributed by atoms with Crippen LogP contribution in [0.15, 0.2) is 263 Å². The highest BCUT2D eigenvalue weighted by Crippen LogP contribution is 2.50. The number of rotatable bonds is 12. The second-order valence-electron chi connectivity index (χ2n) is 24.0. The first-order valence-electron chi connectivity index (χ1n) is 28.7. The summed E-state index contributed by atoms with van der Waals surface area (Å²) >= 11 is 0. The fourth-order valence-corrected chi connectivity index (χ4v) is 11.2. The highest BCUT2D eigenvalue weighted by Gasteiger charge is 2.35. The number of nitrogens with one attached hydrogen (secondary N) is 1. The second-order valence-corrected chi connectivity index (χ2v) is 24.0. The Kier molecular flexibility index (Phi) is 16.4. The molecule has 10 rings (SSSR count). The van der Waals surface area contributed by atoms with Crippen molar-refractivity contribution in [2.75, 3.05) is 0 Å². The van der Waals surface area contributed by atoms with Crippen LogP contribution in [0.5, 0.6) is 0 Å². The van der Waals surface area contributed by atoms with Gasteiger partial charge in [0.05, 0.1) is 11.0 Å². The lowest BCUT2D eigenvalue weighted by molar-refractivity contribution is 0.589. The molecule has 2 aliphatic rings. The molecule has 0 saturated heterocycles. The van der Waals surface area contributed by atoms with Gasteiger partial charge >= 0.3 is 0 Å². The van der Waals surface area contributed by atoms with Gasteiger partial charge < -0.3 is 4.57 Å². The number of hydrogen-bond acceptors (Lipinski definition) is 1. The highest BCUT2D eigenvalue weighted by molar-refractivity contribution is 6.17. The third-order valence-corrected chi connectivity index (χ3v) is 16.1. The van der Waals surface area contributed by atoms with Crippen LogP contribution < -0.4 is 0 Å². The summed E-state index contributed by atoms with van der Waals surface area (Å²) in [4.78, 5) is 10.2. The zero-order chi connectivity index (χ0) is 56.8. The van der Waals surface area contributed by atoms with Gasteiger partial charge in [-0.05, 0) is 142 Å². The summed E-state index contributed by atoms with van der Waals surface area (Å²) in [5.41, 5.74) is 20.3. The van der Waals surface area contributed by atoms with E-state index in [1.54, 1.807) is 0 Å². The smallest absolute Gasteiger partial charge is 0.161 e. The van der Waals surface area contributed by atoms with E-state index in [1.165, 1.54) is 83.2 Å². The Morgan fingerprint density at radius 1 is 0.568 bits per heavy atom. The van der Waals surface area contributed by atoms with Gasteiger partial charge in [0.1, 0.15) is 5.84 Å². The van der Waals surface area contributed by atoms with Crippen molar-refractivity contribution < 1.29 is 0 Å². The molecule has 0 fully saturated rings. The zero-order valence-electron chi connectivity index (χ0n) is 48.9. The van der Waals surface area contributed by atoms with Crippen LogP contribution in [0.4, 0.5) is 0 Å². The predicted octanol–water partition coefficient (Wildman–Crippen LogP) is 20.5. The molecule has 4 nitrogen and oxygen atoms in total. The number of aromatic nitrogens is 1. The monoisotopic (exact) mass is 1060 g/mol. The minimum Gasteiger partial charge on any atom is -0.311 e. The van der Waals surface area contributed by atoms with Crippen molar-refractivity contribution in [1.29, 1.82) is 5.41 Å². The third kappa shape index (κ3) is 12.4. The van der Waals surface area contributed by atoms with Crippen molar-refractivity contribution in [2.45, 2.75) is 98.8 Å². The van der Waals surface area contributed by atoms with Gasteiger partial charge in [-0.2, -0.15) is 0 Å². The van der Waals surface area contributed by atoms with Crippen molar-refractivity contribution in [3.63, 3.8) is 0 Å². The molecule has 2 unspecified atom stereocenters. The minimum atomic E-state index is -0.215. The first-order chi connectivity index (χ1) is 39.0. The second kappa shape index (κ2) is 23.9. The van der Waals surface area contributed by atoms with Crippen LogP contribution >= 0.6 is 0 Å². The van der Waals surface area contributed by atoms with E-state index in [-0.39, 0.29) is 28.5 Å². The van der Waals surface area contributed by atoms with Crippen LogP contribution in [0, 0.1) is 11.3 Å². The van der Waals surface area contributed by atoms with Crippen LogP contribution in [-0.4, -0.2) is 22.5 Å². The van der Waals surface area contributed by atoms with Crippen LogP contribution in [0.25, 0.3) is 49.8 Å². The van der Waals surface area contributed by atoms with Crippen molar-refractivity contribution in [2.24, 2.45) is 15.9 Å². The van der Waals surface area contributed by atoms with E-state index in [1.807, 2.05) is 66.9 Å². The standard InChI is InChI=1S/C77H76N4/c1-52(57-31-19-12-20-32-57)41-43-54(3)65-45-62(74(78)80-75(61-39-27-16-28-40-61)79-51-56-29-17-11-18-30-56)46-66(55(4)44-42-53(2)58-33-21-13-22-34-58)71(65)81-72-67(59-35-23-14-24-36-59)47-63(76(5,6)7)49-69(72)70-50-64(77(8,9)10)48-68(73(70)81)60-37-25-15-26-38-60/h11-37,39-45,47-51,60,66,78H,38,46H2,1-10H3/b52-41+,53-42+,54-43+,55-44+,78-74?,79-51+,80-75-. The van der Waals surface area contributed by atoms with Crippen molar-refractivity contribution in [1.82, 2.24) is 4.57 Å². The number of nitrogens with zero attached hydrogens (tertiary/aromatic N) is 3. The topological polar surface area (TPSA) is 53.5 Å². The maximum Gasteiger partial charge on any atom is 0.161 e. The molecule has 0 aliphatic heterocycles. The van der Waals surface area contributed by atoms with Gasteiger partial charge in [0, 0.05) is 45.6 Å².